The van der Waals surface area contributed by atoms with Crippen molar-refractivity contribution in [3.05, 3.63) is 0 Å². The lowest BCUT2D eigenvalue weighted by Gasteiger charge is -2.24. The molecule has 1 saturated heterocycles. The molecule has 14 heavy (non-hydrogen) atoms. The van der Waals surface area contributed by atoms with Gasteiger partial charge in [0.05, 0.1) is 6.54 Å². The molecule has 1 heterocycles. The standard InChI is InChI=1S/C7H11F5N2/c8-6(9,7(10,11)12)4-14-2-1-5(13)3-14/h5H,1-4,13H2. The first-order valence-electron chi connectivity index (χ1n) is 4.15. The SMILES string of the molecule is NC1CCN(CC(F)(F)C(F)(F)F)C1. The zero-order valence-electron chi connectivity index (χ0n) is 7.32. The molecule has 84 valence electrons. The summed E-state index contributed by atoms with van der Waals surface area (Å²) in [6, 6.07) is -0.293. The maximum absolute atomic E-state index is 12.5. The largest absolute Gasteiger partial charge is 0.454 e. The Bertz CT molecular complexity index is 203. The van der Waals surface area contributed by atoms with Gasteiger partial charge in [-0.15, -0.1) is 0 Å². The van der Waals surface area contributed by atoms with Crippen LogP contribution in [0.2, 0.25) is 0 Å². The number of nitrogens with two attached hydrogens (primary N) is 1. The predicted octanol–water partition coefficient (Wildman–Crippen LogP) is 1.22. The Balaban J connectivity index is 2.51. The fourth-order valence-electron chi connectivity index (χ4n) is 1.38. The molecule has 0 aromatic heterocycles. The van der Waals surface area contributed by atoms with Gasteiger partial charge in [0.15, 0.2) is 0 Å². The number of likely N-dealkylation sites (tertiary alicyclic amines) is 1. The fourth-order valence-corrected chi connectivity index (χ4v) is 1.38. The van der Waals surface area contributed by atoms with Crippen LogP contribution in [0, 0.1) is 0 Å². The van der Waals surface area contributed by atoms with Crippen LogP contribution in [0.25, 0.3) is 0 Å². The van der Waals surface area contributed by atoms with E-state index in [1.165, 1.54) is 0 Å². The molecule has 1 fully saturated rings. The van der Waals surface area contributed by atoms with Crippen LogP contribution in [0.1, 0.15) is 6.42 Å². The Hall–Kier alpha value is -0.430. The Kier molecular flexibility index (Phi) is 3.01. The van der Waals surface area contributed by atoms with Gasteiger partial charge < -0.3 is 5.73 Å². The summed E-state index contributed by atoms with van der Waals surface area (Å²) in [6.45, 7) is -0.983. The fraction of sp³-hybridized carbons (Fsp3) is 1.00. The molecule has 2 N–H and O–H groups in total. The van der Waals surface area contributed by atoms with Crippen molar-refractivity contribution in [2.24, 2.45) is 5.73 Å². The Labute approximate surface area is 77.9 Å². The van der Waals surface area contributed by atoms with E-state index >= 15 is 0 Å². The summed E-state index contributed by atoms with van der Waals surface area (Å²) in [5.41, 5.74) is 5.39. The molecule has 1 rings (SSSR count). The second-order valence-corrected chi connectivity index (χ2v) is 3.49. The van der Waals surface area contributed by atoms with Crippen LogP contribution in [-0.4, -0.2) is 42.7 Å². The smallest absolute Gasteiger partial charge is 0.326 e. The number of hydrogen-bond acceptors (Lipinski definition) is 2. The summed E-state index contributed by atoms with van der Waals surface area (Å²) in [7, 11) is 0. The van der Waals surface area contributed by atoms with Crippen LogP contribution in [0.5, 0.6) is 0 Å². The lowest BCUT2D eigenvalue weighted by atomic mass is 10.3. The molecule has 1 aliphatic rings. The van der Waals surface area contributed by atoms with Gasteiger partial charge in [0.25, 0.3) is 0 Å². The van der Waals surface area contributed by atoms with E-state index in [0.717, 1.165) is 4.90 Å². The second kappa shape index (κ2) is 3.62. The summed E-state index contributed by atoms with van der Waals surface area (Å²) >= 11 is 0. The van der Waals surface area contributed by atoms with Crippen molar-refractivity contribution in [1.29, 1.82) is 0 Å². The number of alkyl halides is 5. The normalized spacial score (nSPS) is 25.7. The molecule has 1 unspecified atom stereocenters. The minimum Gasteiger partial charge on any atom is -0.326 e. The molecule has 1 atom stereocenters. The number of hydrogen-bond donors (Lipinski definition) is 1. The Morgan fingerprint density at radius 2 is 1.79 bits per heavy atom. The first-order valence-corrected chi connectivity index (χ1v) is 4.15. The van der Waals surface area contributed by atoms with Gasteiger partial charge in [-0.05, 0) is 13.0 Å². The average molecular weight is 218 g/mol. The summed E-state index contributed by atoms with van der Waals surface area (Å²) in [4.78, 5) is 1.04. The van der Waals surface area contributed by atoms with E-state index in [1.807, 2.05) is 0 Å². The first kappa shape index (κ1) is 11.6. The maximum atomic E-state index is 12.5. The highest BCUT2D eigenvalue weighted by Gasteiger charge is 2.58. The van der Waals surface area contributed by atoms with Crippen molar-refractivity contribution in [2.45, 2.75) is 24.6 Å². The molecule has 0 aromatic rings. The quantitative estimate of drug-likeness (QED) is 0.706. The molecular weight excluding hydrogens is 207 g/mol. The molecule has 0 spiro atoms. The van der Waals surface area contributed by atoms with Gasteiger partial charge in [-0.25, -0.2) is 0 Å². The van der Waals surface area contributed by atoms with Crippen molar-refractivity contribution in [3.63, 3.8) is 0 Å². The molecule has 0 bridgehead atoms. The highest BCUT2D eigenvalue weighted by molar-refractivity contribution is 4.85. The van der Waals surface area contributed by atoms with Gasteiger partial charge in [-0.3, -0.25) is 4.90 Å². The zero-order chi connectivity index (χ0) is 11.0. The zero-order valence-corrected chi connectivity index (χ0v) is 7.32. The number of halogens is 5. The summed E-state index contributed by atoms with van der Waals surface area (Å²) in [5, 5.41) is 0. The summed E-state index contributed by atoms with van der Waals surface area (Å²) in [6.07, 6.45) is -5.01. The van der Waals surface area contributed by atoms with Crippen molar-refractivity contribution in [3.8, 4) is 0 Å². The van der Waals surface area contributed by atoms with Crippen LogP contribution in [0.15, 0.2) is 0 Å². The molecular formula is C7H11F5N2. The third kappa shape index (κ3) is 2.54. The van der Waals surface area contributed by atoms with Crippen molar-refractivity contribution in [1.82, 2.24) is 4.90 Å². The van der Waals surface area contributed by atoms with Crippen LogP contribution in [0.3, 0.4) is 0 Å². The van der Waals surface area contributed by atoms with Gasteiger partial charge in [0.1, 0.15) is 0 Å². The van der Waals surface area contributed by atoms with E-state index in [2.05, 4.69) is 0 Å². The Morgan fingerprint density at radius 1 is 1.21 bits per heavy atom. The minimum absolute atomic E-state index is 0.103. The first-order chi connectivity index (χ1) is 6.22. The van der Waals surface area contributed by atoms with Crippen LogP contribution in [-0.2, 0) is 0 Å². The van der Waals surface area contributed by atoms with E-state index in [1.54, 1.807) is 0 Å². The third-order valence-electron chi connectivity index (χ3n) is 2.15. The van der Waals surface area contributed by atoms with Crippen molar-refractivity contribution >= 4 is 0 Å². The van der Waals surface area contributed by atoms with Crippen LogP contribution >= 0.6 is 0 Å². The maximum Gasteiger partial charge on any atom is 0.454 e. The summed E-state index contributed by atoms with van der Waals surface area (Å²) in [5.74, 6) is -4.64. The third-order valence-corrected chi connectivity index (χ3v) is 2.15. The molecule has 0 saturated carbocycles. The van der Waals surface area contributed by atoms with E-state index in [9.17, 15) is 22.0 Å². The highest BCUT2D eigenvalue weighted by atomic mass is 19.4. The lowest BCUT2D eigenvalue weighted by molar-refractivity contribution is -0.285. The lowest BCUT2D eigenvalue weighted by Crippen LogP contribution is -2.46. The molecule has 1 aliphatic heterocycles. The highest BCUT2D eigenvalue weighted by Crippen LogP contribution is 2.36. The van der Waals surface area contributed by atoms with E-state index in [-0.39, 0.29) is 19.1 Å². The summed E-state index contributed by atoms with van der Waals surface area (Å²) < 4.78 is 60.3. The van der Waals surface area contributed by atoms with Gasteiger partial charge in [0.2, 0.25) is 0 Å². The molecule has 0 radical (unpaired) electrons. The van der Waals surface area contributed by atoms with Gasteiger partial charge in [-0.1, -0.05) is 0 Å². The van der Waals surface area contributed by atoms with Crippen molar-refractivity contribution < 1.29 is 22.0 Å². The molecule has 0 aliphatic carbocycles. The predicted molar refractivity (Wildman–Crippen MR) is 40.0 cm³/mol. The van der Waals surface area contributed by atoms with Crippen LogP contribution < -0.4 is 5.73 Å². The van der Waals surface area contributed by atoms with Crippen LogP contribution in [0.4, 0.5) is 22.0 Å². The van der Waals surface area contributed by atoms with E-state index < -0.39 is 18.6 Å². The van der Waals surface area contributed by atoms with E-state index in [4.69, 9.17) is 5.73 Å². The average Bonchev–Trinajstić information content (AvgIpc) is 2.31. The minimum atomic E-state index is -5.47. The van der Waals surface area contributed by atoms with E-state index in [0.29, 0.717) is 6.42 Å². The number of rotatable bonds is 2. The second-order valence-electron chi connectivity index (χ2n) is 3.49. The molecule has 0 amide bonds. The number of nitrogens with zero attached hydrogens (tertiary/aromatic N) is 1. The molecule has 2 nitrogen and oxygen atoms in total. The topological polar surface area (TPSA) is 29.3 Å². The Morgan fingerprint density at radius 3 is 2.14 bits per heavy atom. The van der Waals surface area contributed by atoms with Crippen molar-refractivity contribution in [2.75, 3.05) is 19.6 Å². The van der Waals surface area contributed by atoms with Gasteiger partial charge in [-0.2, -0.15) is 22.0 Å². The van der Waals surface area contributed by atoms with Gasteiger partial charge in [0, 0.05) is 12.6 Å². The monoisotopic (exact) mass is 218 g/mol. The molecule has 0 aromatic carbocycles. The molecule has 7 heteroatoms. The van der Waals surface area contributed by atoms with Gasteiger partial charge >= 0.3 is 12.1 Å².